The summed E-state index contributed by atoms with van der Waals surface area (Å²) >= 11 is 0. The Balaban J connectivity index is 0.000000276. The van der Waals surface area contributed by atoms with Crippen molar-refractivity contribution in [3.63, 3.8) is 0 Å². The molecule has 118 valence electrons. The van der Waals surface area contributed by atoms with Crippen LogP contribution >= 0.6 is 0 Å². The highest BCUT2D eigenvalue weighted by atomic mass is 35.7. The molecule has 6 nitrogen and oxygen atoms in total. The molecular formula is C16H12ClNO5. The zero-order valence-electron chi connectivity index (χ0n) is 11.8. The molecule has 1 aliphatic rings. The average molecular weight is 334 g/mol. The van der Waals surface area contributed by atoms with E-state index >= 15 is 0 Å². The number of ether oxygens (including phenoxy) is 1. The first-order valence-corrected chi connectivity index (χ1v) is 7.90. The fraction of sp³-hybridized carbons (Fsp3) is 0. The Morgan fingerprint density at radius 2 is 1.39 bits per heavy atom. The minimum absolute atomic E-state index is 0.931. The third-order valence-electron chi connectivity index (χ3n) is 3.37. The number of hydrogen-bond donors (Lipinski definition) is 1. The number of hydrogen-bond acceptors (Lipinski definition) is 5. The van der Waals surface area contributed by atoms with Gasteiger partial charge < -0.3 is 4.74 Å². The van der Waals surface area contributed by atoms with Gasteiger partial charge in [0.2, 0.25) is 0 Å². The molecule has 4 rings (SSSR count). The van der Waals surface area contributed by atoms with Crippen LogP contribution in [-0.2, 0) is 0 Å². The van der Waals surface area contributed by atoms with Crippen LogP contribution in [0.1, 0.15) is 0 Å². The van der Waals surface area contributed by atoms with Crippen molar-refractivity contribution in [3.05, 3.63) is 60.7 Å². The molecular weight excluding hydrogens is 322 g/mol. The Morgan fingerprint density at radius 1 is 0.739 bits per heavy atom. The molecule has 23 heavy (non-hydrogen) atoms. The van der Waals surface area contributed by atoms with Crippen LogP contribution in [0.5, 0.6) is 11.5 Å². The van der Waals surface area contributed by atoms with Crippen molar-refractivity contribution in [1.29, 1.82) is 0 Å². The van der Waals surface area contributed by atoms with E-state index < -0.39 is 10.2 Å². The van der Waals surface area contributed by atoms with Crippen LogP contribution in [0, 0.1) is 10.2 Å². The molecule has 2 N–H and O–H groups in total. The van der Waals surface area contributed by atoms with E-state index in [2.05, 4.69) is 41.7 Å². The summed E-state index contributed by atoms with van der Waals surface area (Å²) < 4.78 is 39.9. The second-order valence-electron chi connectivity index (χ2n) is 4.86. The predicted octanol–water partition coefficient (Wildman–Crippen LogP) is -1.28. The van der Waals surface area contributed by atoms with E-state index in [1.807, 2.05) is 24.3 Å². The van der Waals surface area contributed by atoms with Gasteiger partial charge in [0.05, 0.1) is 0 Å². The number of nitrogens with two attached hydrogens (primary N) is 1. The summed E-state index contributed by atoms with van der Waals surface area (Å²) in [5.41, 5.74) is 2.31. The molecule has 3 aromatic rings. The van der Waals surface area contributed by atoms with E-state index in [9.17, 15) is 0 Å². The molecule has 0 aliphatic carbocycles. The molecule has 1 heterocycles. The molecule has 0 spiro atoms. The third kappa shape index (κ3) is 3.77. The molecule has 0 saturated carbocycles. The van der Waals surface area contributed by atoms with Gasteiger partial charge in [0.1, 0.15) is 0 Å². The van der Waals surface area contributed by atoms with Gasteiger partial charge >= 0.3 is 0 Å². The van der Waals surface area contributed by atoms with Crippen LogP contribution in [0.4, 0.5) is 11.4 Å². The maximum absolute atomic E-state index is 8.49. The lowest BCUT2D eigenvalue weighted by Gasteiger charge is -2.18. The van der Waals surface area contributed by atoms with E-state index in [1.54, 1.807) is 0 Å². The molecule has 0 unspecified atom stereocenters. The lowest BCUT2D eigenvalue weighted by molar-refractivity contribution is -2.00. The first kappa shape index (κ1) is 15.7. The van der Waals surface area contributed by atoms with Crippen LogP contribution in [0.15, 0.2) is 60.7 Å². The number of rotatable bonds is 0. The van der Waals surface area contributed by atoms with Gasteiger partial charge in [0, 0.05) is 11.5 Å². The van der Waals surface area contributed by atoms with Gasteiger partial charge in [-0.1, -0.05) is 36.4 Å². The van der Waals surface area contributed by atoms with Gasteiger partial charge in [-0.05, 0) is 23.6 Å². The highest BCUT2D eigenvalue weighted by Crippen LogP contribution is 2.38. The molecule has 0 fully saturated rings. The van der Waals surface area contributed by atoms with E-state index in [0.29, 0.717) is 0 Å². The summed E-state index contributed by atoms with van der Waals surface area (Å²) in [6.45, 7) is 0. The first-order valence-electron chi connectivity index (χ1n) is 6.67. The second-order valence-corrected chi connectivity index (χ2v) is 5.62. The Kier molecular flexibility index (Phi) is 4.18. The third-order valence-corrected chi connectivity index (χ3v) is 3.37. The van der Waals surface area contributed by atoms with Crippen molar-refractivity contribution in [2.24, 2.45) is 0 Å². The van der Waals surface area contributed by atoms with Gasteiger partial charge in [-0.25, -0.2) is 18.6 Å². The molecule has 0 aromatic heterocycles. The Bertz CT molecular complexity index is 841. The maximum atomic E-state index is 8.49. The number of quaternary nitrogens is 1. The Labute approximate surface area is 133 Å². The van der Waals surface area contributed by atoms with Gasteiger partial charge in [-0.15, -0.1) is 10.2 Å². The summed E-state index contributed by atoms with van der Waals surface area (Å²) in [7, 11) is -4.94. The minimum atomic E-state index is -4.94. The summed E-state index contributed by atoms with van der Waals surface area (Å²) in [5.74, 6) is 1.87. The topological polar surface area (TPSA) is 118 Å². The smallest absolute Gasteiger partial charge is 0.189 e. The predicted molar refractivity (Wildman–Crippen MR) is 71.7 cm³/mol. The normalized spacial score (nSPS) is 12.5. The molecule has 7 heteroatoms. The number of halogens is 1. The van der Waals surface area contributed by atoms with Crippen LogP contribution in [0.2, 0.25) is 0 Å². The van der Waals surface area contributed by atoms with Gasteiger partial charge in [-0.2, -0.15) is 0 Å². The van der Waals surface area contributed by atoms with Crippen molar-refractivity contribution >= 4 is 22.1 Å². The monoisotopic (exact) mass is 333 g/mol. The summed E-state index contributed by atoms with van der Waals surface area (Å²) in [4.78, 5) is 0. The lowest BCUT2D eigenvalue weighted by atomic mass is 10.1. The van der Waals surface area contributed by atoms with E-state index in [0.717, 1.165) is 17.2 Å². The summed E-state index contributed by atoms with van der Waals surface area (Å²) in [5, 5.41) is 4.69. The van der Waals surface area contributed by atoms with Crippen LogP contribution in [0.25, 0.3) is 10.8 Å². The SMILES string of the molecule is [O-][Cl+3]([O-])([O-])[O-].c1ccc2c(c1)[NH2+]c1c(ccc3ccccc13)O2. The van der Waals surface area contributed by atoms with Crippen molar-refractivity contribution in [1.82, 2.24) is 0 Å². The van der Waals surface area contributed by atoms with Gasteiger partial charge in [0.15, 0.2) is 22.9 Å². The highest BCUT2D eigenvalue weighted by Gasteiger charge is 2.22. The minimum Gasteiger partial charge on any atom is -0.445 e. The number of para-hydroxylation sites is 2. The van der Waals surface area contributed by atoms with Gasteiger partial charge in [-0.3, -0.25) is 5.32 Å². The zero-order chi connectivity index (χ0) is 16.4. The van der Waals surface area contributed by atoms with E-state index in [1.165, 1.54) is 16.5 Å². The molecule has 3 aromatic carbocycles. The Hall–Kier alpha value is -2.19. The fourth-order valence-electron chi connectivity index (χ4n) is 2.48. The summed E-state index contributed by atoms with van der Waals surface area (Å²) in [6.07, 6.45) is 0. The van der Waals surface area contributed by atoms with Crippen molar-refractivity contribution < 1.29 is 38.9 Å². The van der Waals surface area contributed by atoms with E-state index in [-0.39, 0.29) is 0 Å². The molecule has 0 amide bonds. The zero-order valence-corrected chi connectivity index (χ0v) is 12.5. The van der Waals surface area contributed by atoms with Crippen molar-refractivity contribution in [2.45, 2.75) is 0 Å². The average Bonchev–Trinajstić information content (AvgIpc) is 2.51. The van der Waals surface area contributed by atoms with E-state index in [4.69, 9.17) is 23.4 Å². The fourth-order valence-corrected chi connectivity index (χ4v) is 2.48. The molecule has 0 bridgehead atoms. The first-order chi connectivity index (χ1) is 10.9. The standard InChI is InChI=1S/C16H11NO.ClHO4/c1-2-6-12-11(5-1)9-10-15-16(12)17-13-7-3-4-8-14(13)18-15;2-1(3,4)5/h1-10,17H;(H,2,3,4,5). The van der Waals surface area contributed by atoms with Crippen LogP contribution in [-0.4, -0.2) is 0 Å². The van der Waals surface area contributed by atoms with Crippen LogP contribution < -0.4 is 28.7 Å². The highest BCUT2D eigenvalue weighted by molar-refractivity contribution is 5.94. The lowest BCUT2D eigenvalue weighted by Crippen LogP contribution is -2.72. The second kappa shape index (κ2) is 6.13. The quantitative estimate of drug-likeness (QED) is 0.402. The molecule has 1 aliphatic heterocycles. The number of benzene rings is 3. The summed E-state index contributed by atoms with van der Waals surface area (Å²) in [6, 6.07) is 20.7. The van der Waals surface area contributed by atoms with Crippen molar-refractivity contribution in [3.8, 4) is 11.5 Å². The number of fused-ring (bicyclic) bond motifs is 4. The van der Waals surface area contributed by atoms with Gasteiger partial charge in [0.25, 0.3) is 0 Å². The van der Waals surface area contributed by atoms with Crippen LogP contribution in [0.3, 0.4) is 0 Å². The molecule has 0 saturated heterocycles. The van der Waals surface area contributed by atoms with Crippen molar-refractivity contribution in [2.75, 3.05) is 0 Å². The molecule has 0 atom stereocenters. The largest absolute Gasteiger partial charge is 0.445 e. The Morgan fingerprint density at radius 3 is 2.17 bits per heavy atom. The maximum Gasteiger partial charge on any atom is 0.189 e. The molecule has 0 radical (unpaired) electrons.